The van der Waals surface area contributed by atoms with E-state index in [-0.39, 0.29) is 11.8 Å². The van der Waals surface area contributed by atoms with Crippen LogP contribution >= 0.6 is 0 Å². The number of carbonyl (C=O) groups excluding carboxylic acids is 2. The molecule has 0 radical (unpaired) electrons. The number of benzene rings is 4. The number of nitrogens with one attached hydrogen (secondary N) is 1. The third kappa shape index (κ3) is 6.02. The summed E-state index contributed by atoms with van der Waals surface area (Å²) in [4.78, 5) is 40.2. The number of hydrogen-bond donors (Lipinski definition) is 2. The molecular weight excluding hydrogens is 500 g/mol. The van der Waals surface area contributed by atoms with E-state index in [0.717, 1.165) is 22.4 Å². The molecule has 1 heterocycles. The molecule has 0 spiro atoms. The maximum atomic E-state index is 13.7. The molecule has 0 unspecified atom stereocenters. The van der Waals surface area contributed by atoms with Crippen LogP contribution in [0.1, 0.15) is 45.5 Å². The maximum Gasteiger partial charge on any atom is 0.331 e. The van der Waals surface area contributed by atoms with Gasteiger partial charge in [0.2, 0.25) is 0 Å². The van der Waals surface area contributed by atoms with Crippen molar-refractivity contribution < 1.29 is 19.5 Å². The van der Waals surface area contributed by atoms with E-state index in [2.05, 4.69) is 5.32 Å². The van der Waals surface area contributed by atoms with Crippen LogP contribution in [-0.2, 0) is 11.2 Å². The molecule has 0 aliphatic carbocycles. The summed E-state index contributed by atoms with van der Waals surface area (Å²) in [7, 11) is 0. The number of aryl methyl sites for hydroxylation is 1. The van der Waals surface area contributed by atoms with Gasteiger partial charge >= 0.3 is 5.97 Å². The van der Waals surface area contributed by atoms with Gasteiger partial charge in [0.25, 0.3) is 11.8 Å². The van der Waals surface area contributed by atoms with Crippen molar-refractivity contribution in [1.82, 2.24) is 0 Å². The van der Waals surface area contributed by atoms with Crippen molar-refractivity contribution in [2.24, 2.45) is 0 Å². The molecule has 6 nitrogen and oxygen atoms in total. The number of fused-ring (bicyclic) bond motifs is 1. The average Bonchev–Trinajstić information content (AvgIpc) is 2.99. The van der Waals surface area contributed by atoms with Gasteiger partial charge in [0.15, 0.2) is 0 Å². The smallest absolute Gasteiger partial charge is 0.331 e. The molecule has 1 aliphatic rings. The van der Waals surface area contributed by atoms with Crippen LogP contribution in [0, 0.1) is 0 Å². The lowest BCUT2D eigenvalue weighted by Crippen LogP contribution is -2.33. The van der Waals surface area contributed by atoms with Crippen molar-refractivity contribution in [3.63, 3.8) is 0 Å². The van der Waals surface area contributed by atoms with Crippen LogP contribution in [0.2, 0.25) is 0 Å². The molecular formula is C34H30N2O4. The first-order valence-electron chi connectivity index (χ1n) is 13.4. The summed E-state index contributed by atoms with van der Waals surface area (Å²) in [5.74, 6) is -1.31. The van der Waals surface area contributed by atoms with Gasteiger partial charge in [0, 0.05) is 34.6 Å². The molecule has 2 amide bonds. The lowest BCUT2D eigenvalue weighted by Gasteiger charge is -2.26. The Morgan fingerprint density at radius 3 is 2.23 bits per heavy atom. The predicted octanol–water partition coefficient (Wildman–Crippen LogP) is 6.99. The number of carbonyl (C=O) groups is 3. The number of carboxylic acid groups (broad SMARTS) is 1. The minimum absolute atomic E-state index is 0.175. The van der Waals surface area contributed by atoms with Crippen molar-refractivity contribution in [3.05, 3.63) is 131 Å². The molecule has 4 aromatic carbocycles. The summed E-state index contributed by atoms with van der Waals surface area (Å²) in [6, 6.07) is 31.9. The quantitative estimate of drug-likeness (QED) is 0.291. The zero-order chi connectivity index (χ0) is 27.9. The predicted molar refractivity (Wildman–Crippen MR) is 158 cm³/mol. The summed E-state index contributed by atoms with van der Waals surface area (Å²) in [6.07, 6.45) is 4.04. The van der Waals surface area contributed by atoms with Crippen LogP contribution in [0.15, 0.2) is 115 Å². The van der Waals surface area contributed by atoms with Gasteiger partial charge in [-0.1, -0.05) is 72.8 Å². The van der Waals surface area contributed by atoms with E-state index in [9.17, 15) is 19.5 Å². The minimum Gasteiger partial charge on any atom is -0.478 e. The number of aliphatic carboxylic acids is 1. The largest absolute Gasteiger partial charge is 0.478 e. The van der Waals surface area contributed by atoms with Gasteiger partial charge in [-0.25, -0.2) is 4.79 Å². The monoisotopic (exact) mass is 530 g/mol. The first-order chi connectivity index (χ1) is 19.5. The second-order valence-corrected chi connectivity index (χ2v) is 9.71. The molecule has 0 atom stereocenters. The Labute approximate surface area is 233 Å². The van der Waals surface area contributed by atoms with Crippen LogP contribution in [0.5, 0.6) is 0 Å². The van der Waals surface area contributed by atoms with E-state index in [1.165, 1.54) is 0 Å². The van der Waals surface area contributed by atoms with E-state index in [1.54, 1.807) is 41.3 Å². The zero-order valence-electron chi connectivity index (χ0n) is 22.0. The summed E-state index contributed by atoms with van der Waals surface area (Å²) in [6.45, 7) is 0.362. The SMILES string of the molecule is O=C(O)/C1=C/CCN(C(=O)c2ccc(NC(=O)c3ccccc3-c3ccccc3)cc2)c2ccccc2CCC1. The number of hydrogen-bond acceptors (Lipinski definition) is 3. The van der Waals surface area contributed by atoms with Crippen LogP contribution < -0.4 is 10.2 Å². The van der Waals surface area contributed by atoms with E-state index in [4.69, 9.17) is 0 Å². The molecule has 200 valence electrons. The Morgan fingerprint density at radius 1 is 0.750 bits per heavy atom. The second-order valence-electron chi connectivity index (χ2n) is 9.71. The number of anilines is 2. The first-order valence-corrected chi connectivity index (χ1v) is 13.4. The van der Waals surface area contributed by atoms with Gasteiger partial charge in [-0.2, -0.15) is 0 Å². The second kappa shape index (κ2) is 12.3. The summed E-state index contributed by atoms with van der Waals surface area (Å²) >= 11 is 0. The van der Waals surface area contributed by atoms with Crippen molar-refractivity contribution in [2.45, 2.75) is 25.7 Å². The third-order valence-electron chi connectivity index (χ3n) is 7.08. The van der Waals surface area contributed by atoms with Gasteiger partial charge in [0.1, 0.15) is 0 Å². The van der Waals surface area contributed by atoms with E-state index >= 15 is 0 Å². The highest BCUT2D eigenvalue weighted by Crippen LogP contribution is 2.28. The topological polar surface area (TPSA) is 86.7 Å². The van der Waals surface area contributed by atoms with E-state index in [1.807, 2.05) is 72.8 Å². The molecule has 6 heteroatoms. The Hall–Kier alpha value is -4.97. The summed E-state index contributed by atoms with van der Waals surface area (Å²) in [5, 5.41) is 12.5. The highest BCUT2D eigenvalue weighted by atomic mass is 16.4. The first kappa shape index (κ1) is 26.6. The molecule has 0 aromatic heterocycles. The molecule has 40 heavy (non-hydrogen) atoms. The lowest BCUT2D eigenvalue weighted by atomic mass is 9.99. The minimum atomic E-state index is -0.907. The number of rotatable bonds is 5. The number of para-hydroxylation sites is 1. The summed E-state index contributed by atoms with van der Waals surface area (Å²) < 4.78 is 0. The van der Waals surface area contributed by atoms with Crippen molar-refractivity contribution in [1.29, 1.82) is 0 Å². The number of amides is 2. The Kier molecular flexibility index (Phi) is 8.16. The molecule has 0 saturated carbocycles. The van der Waals surface area contributed by atoms with Gasteiger partial charge in [-0.05, 0) is 78.8 Å². The standard InChI is InChI=1S/C34H30N2O4/c37-32(30-17-6-5-16-29(30)24-10-2-1-3-11-24)35-28-21-19-26(20-22-28)33(38)36-23-9-15-27(34(39)40)14-8-13-25-12-4-7-18-31(25)36/h1-7,10-12,15-22H,8-9,13-14,23H2,(H,35,37)(H,39,40)/b27-15+. The molecule has 0 fully saturated rings. The lowest BCUT2D eigenvalue weighted by molar-refractivity contribution is -0.132. The number of carboxylic acids is 1. The zero-order valence-corrected chi connectivity index (χ0v) is 22.0. The van der Waals surface area contributed by atoms with Crippen LogP contribution in [0.25, 0.3) is 11.1 Å². The molecule has 0 bridgehead atoms. The van der Waals surface area contributed by atoms with Crippen LogP contribution in [0.3, 0.4) is 0 Å². The highest BCUT2D eigenvalue weighted by molar-refractivity contribution is 6.09. The van der Waals surface area contributed by atoms with Gasteiger partial charge in [0.05, 0.1) is 0 Å². The van der Waals surface area contributed by atoms with Gasteiger partial charge < -0.3 is 15.3 Å². The van der Waals surface area contributed by atoms with Crippen molar-refractivity contribution in [2.75, 3.05) is 16.8 Å². The van der Waals surface area contributed by atoms with E-state index in [0.29, 0.717) is 54.6 Å². The fourth-order valence-electron chi connectivity index (χ4n) is 5.05. The van der Waals surface area contributed by atoms with Gasteiger partial charge in [-0.15, -0.1) is 0 Å². The Balaban J connectivity index is 1.36. The fraction of sp³-hybridized carbons (Fsp3) is 0.147. The van der Waals surface area contributed by atoms with Crippen LogP contribution in [-0.4, -0.2) is 29.4 Å². The maximum absolute atomic E-state index is 13.7. The average molecular weight is 531 g/mol. The molecule has 0 saturated heterocycles. The van der Waals surface area contributed by atoms with Gasteiger partial charge in [-0.3, -0.25) is 9.59 Å². The molecule has 2 N–H and O–H groups in total. The highest BCUT2D eigenvalue weighted by Gasteiger charge is 2.22. The molecule has 1 aliphatic heterocycles. The number of nitrogens with zero attached hydrogens (tertiary/aromatic N) is 1. The Bertz CT molecular complexity index is 1560. The third-order valence-corrected chi connectivity index (χ3v) is 7.08. The summed E-state index contributed by atoms with van der Waals surface area (Å²) in [5.41, 5.74) is 5.68. The fourth-order valence-corrected chi connectivity index (χ4v) is 5.05. The molecule has 4 aromatic rings. The normalized spacial score (nSPS) is 14.8. The Morgan fingerprint density at radius 2 is 1.45 bits per heavy atom. The van der Waals surface area contributed by atoms with Crippen LogP contribution in [0.4, 0.5) is 11.4 Å². The van der Waals surface area contributed by atoms with E-state index < -0.39 is 5.97 Å². The van der Waals surface area contributed by atoms with Crippen molar-refractivity contribution in [3.8, 4) is 11.1 Å². The molecule has 5 rings (SSSR count). The van der Waals surface area contributed by atoms with Crippen molar-refractivity contribution >= 4 is 29.2 Å².